The van der Waals surface area contributed by atoms with E-state index < -0.39 is 0 Å². The highest BCUT2D eigenvalue weighted by atomic mass is 14.9. The van der Waals surface area contributed by atoms with Crippen molar-refractivity contribution in [1.82, 2.24) is 14.5 Å². The van der Waals surface area contributed by atoms with Crippen LogP contribution in [0.3, 0.4) is 0 Å². The van der Waals surface area contributed by atoms with Crippen LogP contribution in [-0.2, 0) is 7.05 Å². The number of hydrogen-bond acceptors (Lipinski definition) is 2. The van der Waals surface area contributed by atoms with Crippen LogP contribution in [0.15, 0.2) is 48.9 Å². The highest BCUT2D eigenvalue weighted by Gasteiger charge is 2.09. The lowest BCUT2D eigenvalue weighted by Crippen LogP contribution is -1.85. The molecule has 0 spiro atoms. The predicted octanol–water partition coefficient (Wildman–Crippen LogP) is 2.64. The summed E-state index contributed by atoms with van der Waals surface area (Å²) in [6, 6.07) is 10.1. The first-order valence-electron chi connectivity index (χ1n) is 5.18. The minimum atomic E-state index is 0.777. The number of hydrogen-bond donors (Lipinski definition) is 0. The van der Waals surface area contributed by atoms with E-state index in [0.717, 1.165) is 11.4 Å². The Bertz CT molecular complexity index is 626. The van der Waals surface area contributed by atoms with Crippen LogP contribution in [0.5, 0.6) is 0 Å². The Balaban J connectivity index is 2.33. The summed E-state index contributed by atoms with van der Waals surface area (Å²) in [6.45, 7) is 0. The second kappa shape index (κ2) is 3.45. The molecular formula is C13H11N3. The molecule has 0 atom stereocenters. The number of benzene rings is 1. The third-order valence-electron chi connectivity index (χ3n) is 2.70. The van der Waals surface area contributed by atoms with E-state index in [-0.39, 0.29) is 0 Å². The van der Waals surface area contributed by atoms with Gasteiger partial charge in [0.05, 0.1) is 0 Å². The summed E-state index contributed by atoms with van der Waals surface area (Å²) in [7, 11) is 2.04. The minimum absolute atomic E-state index is 0.777. The van der Waals surface area contributed by atoms with E-state index in [9.17, 15) is 0 Å². The van der Waals surface area contributed by atoms with Crippen molar-refractivity contribution in [2.75, 3.05) is 0 Å². The summed E-state index contributed by atoms with van der Waals surface area (Å²) in [5.41, 5.74) is 2.28. The predicted molar refractivity (Wildman–Crippen MR) is 63.9 cm³/mol. The molecule has 0 fully saturated rings. The largest absolute Gasteiger partial charge is 0.350 e. The van der Waals surface area contributed by atoms with Crippen LogP contribution < -0.4 is 0 Å². The smallest absolute Gasteiger partial charge is 0.161 e. The van der Waals surface area contributed by atoms with Crippen LogP contribution in [0.4, 0.5) is 0 Å². The van der Waals surface area contributed by atoms with Gasteiger partial charge in [0.25, 0.3) is 0 Å². The Morgan fingerprint density at radius 1 is 1.00 bits per heavy atom. The molecule has 0 aliphatic heterocycles. The molecule has 0 aliphatic carbocycles. The lowest BCUT2D eigenvalue weighted by Gasteiger charge is -1.95. The first-order valence-corrected chi connectivity index (χ1v) is 5.18. The van der Waals surface area contributed by atoms with E-state index in [1.807, 2.05) is 25.2 Å². The molecule has 0 saturated carbocycles. The van der Waals surface area contributed by atoms with Gasteiger partial charge in [0.15, 0.2) is 5.82 Å². The van der Waals surface area contributed by atoms with Crippen molar-refractivity contribution >= 4 is 10.9 Å². The SMILES string of the molecule is Cn1cc(-c2ncccn2)c2ccccc21. The van der Waals surface area contributed by atoms with Crippen LogP contribution >= 0.6 is 0 Å². The Morgan fingerprint density at radius 3 is 2.56 bits per heavy atom. The van der Waals surface area contributed by atoms with Gasteiger partial charge in [0.1, 0.15) is 0 Å². The average molecular weight is 209 g/mol. The van der Waals surface area contributed by atoms with Gasteiger partial charge in [-0.25, -0.2) is 9.97 Å². The van der Waals surface area contributed by atoms with Crippen LogP contribution in [-0.4, -0.2) is 14.5 Å². The number of aromatic nitrogens is 3. The quantitative estimate of drug-likeness (QED) is 0.616. The Morgan fingerprint density at radius 2 is 1.75 bits per heavy atom. The molecule has 3 aromatic rings. The molecule has 3 nitrogen and oxygen atoms in total. The van der Waals surface area contributed by atoms with Crippen molar-refractivity contribution in [3.8, 4) is 11.4 Å². The first-order chi connectivity index (χ1) is 7.86. The second-order valence-electron chi connectivity index (χ2n) is 3.74. The summed E-state index contributed by atoms with van der Waals surface area (Å²) in [4.78, 5) is 8.58. The van der Waals surface area contributed by atoms with Crippen molar-refractivity contribution in [3.05, 3.63) is 48.9 Å². The molecule has 2 heterocycles. The van der Waals surface area contributed by atoms with Crippen LogP contribution in [0.1, 0.15) is 0 Å². The van der Waals surface area contributed by atoms with E-state index in [0.29, 0.717) is 0 Å². The number of aryl methyl sites for hydroxylation is 1. The number of nitrogens with zero attached hydrogens (tertiary/aromatic N) is 3. The van der Waals surface area contributed by atoms with Gasteiger partial charge in [0, 0.05) is 42.1 Å². The highest BCUT2D eigenvalue weighted by molar-refractivity contribution is 5.94. The van der Waals surface area contributed by atoms with E-state index in [1.54, 1.807) is 12.4 Å². The van der Waals surface area contributed by atoms with Gasteiger partial charge in [-0.2, -0.15) is 0 Å². The Hall–Kier alpha value is -2.16. The lowest BCUT2D eigenvalue weighted by atomic mass is 10.1. The average Bonchev–Trinajstić information content (AvgIpc) is 2.69. The molecule has 0 saturated heterocycles. The standard InChI is InChI=1S/C13H11N3/c1-16-9-11(13-14-7-4-8-15-13)10-5-2-3-6-12(10)16/h2-9H,1H3. The van der Waals surface area contributed by atoms with Crippen molar-refractivity contribution in [2.45, 2.75) is 0 Å². The van der Waals surface area contributed by atoms with E-state index in [4.69, 9.17) is 0 Å². The van der Waals surface area contributed by atoms with Crippen molar-refractivity contribution < 1.29 is 0 Å². The molecule has 78 valence electrons. The zero-order chi connectivity index (χ0) is 11.0. The molecule has 0 N–H and O–H groups in total. The molecule has 3 heteroatoms. The summed E-state index contributed by atoms with van der Waals surface area (Å²) in [6.07, 6.45) is 5.61. The summed E-state index contributed by atoms with van der Waals surface area (Å²) >= 11 is 0. The van der Waals surface area contributed by atoms with Gasteiger partial charge in [-0.1, -0.05) is 18.2 Å². The topological polar surface area (TPSA) is 30.7 Å². The zero-order valence-electron chi connectivity index (χ0n) is 8.96. The monoisotopic (exact) mass is 209 g/mol. The summed E-state index contributed by atoms with van der Waals surface area (Å²) in [5, 5.41) is 1.19. The minimum Gasteiger partial charge on any atom is -0.350 e. The Kier molecular flexibility index (Phi) is 1.96. The normalized spacial score (nSPS) is 10.8. The molecule has 3 rings (SSSR count). The molecular weight excluding hydrogens is 198 g/mol. The third-order valence-corrected chi connectivity index (χ3v) is 2.70. The van der Waals surface area contributed by atoms with Gasteiger partial charge < -0.3 is 4.57 Å². The maximum absolute atomic E-state index is 4.29. The van der Waals surface area contributed by atoms with Crippen molar-refractivity contribution in [2.24, 2.45) is 7.05 Å². The van der Waals surface area contributed by atoms with Gasteiger partial charge in [-0.3, -0.25) is 0 Å². The van der Waals surface area contributed by atoms with Gasteiger partial charge in [0.2, 0.25) is 0 Å². The third kappa shape index (κ3) is 1.29. The lowest BCUT2D eigenvalue weighted by molar-refractivity contribution is 0.968. The Labute approximate surface area is 93.4 Å². The molecule has 0 radical (unpaired) electrons. The molecule has 0 bridgehead atoms. The first kappa shape index (κ1) is 9.09. The number of rotatable bonds is 1. The maximum atomic E-state index is 4.29. The van der Waals surface area contributed by atoms with Crippen LogP contribution in [0.25, 0.3) is 22.3 Å². The molecule has 2 aromatic heterocycles. The second-order valence-corrected chi connectivity index (χ2v) is 3.74. The highest BCUT2D eigenvalue weighted by Crippen LogP contribution is 2.26. The van der Waals surface area contributed by atoms with E-state index in [1.165, 1.54) is 10.9 Å². The van der Waals surface area contributed by atoms with Gasteiger partial charge >= 0.3 is 0 Å². The number of fused-ring (bicyclic) bond motifs is 1. The molecule has 16 heavy (non-hydrogen) atoms. The molecule has 0 aliphatic rings. The van der Waals surface area contributed by atoms with Gasteiger partial charge in [-0.05, 0) is 12.1 Å². The fraction of sp³-hybridized carbons (Fsp3) is 0.0769. The van der Waals surface area contributed by atoms with Gasteiger partial charge in [-0.15, -0.1) is 0 Å². The summed E-state index contributed by atoms with van der Waals surface area (Å²) in [5.74, 6) is 0.777. The van der Waals surface area contributed by atoms with E-state index >= 15 is 0 Å². The molecule has 0 amide bonds. The fourth-order valence-electron chi connectivity index (χ4n) is 1.96. The van der Waals surface area contributed by atoms with Crippen molar-refractivity contribution in [1.29, 1.82) is 0 Å². The zero-order valence-corrected chi connectivity index (χ0v) is 8.96. The van der Waals surface area contributed by atoms with Crippen molar-refractivity contribution in [3.63, 3.8) is 0 Å². The van der Waals surface area contributed by atoms with Crippen LogP contribution in [0.2, 0.25) is 0 Å². The molecule has 0 unspecified atom stereocenters. The molecule has 1 aromatic carbocycles. The number of para-hydroxylation sites is 1. The van der Waals surface area contributed by atoms with Crippen LogP contribution in [0, 0.1) is 0 Å². The fourth-order valence-corrected chi connectivity index (χ4v) is 1.96. The van der Waals surface area contributed by atoms with E-state index in [2.05, 4.69) is 32.9 Å². The summed E-state index contributed by atoms with van der Waals surface area (Å²) < 4.78 is 2.10. The maximum Gasteiger partial charge on any atom is 0.161 e.